The molecule has 1 amide bonds. The van der Waals surface area contributed by atoms with Crippen LogP contribution in [-0.2, 0) is 44.7 Å². The fourth-order valence-electron chi connectivity index (χ4n) is 3.59. The van der Waals surface area contributed by atoms with E-state index >= 15 is 0 Å². The van der Waals surface area contributed by atoms with Gasteiger partial charge in [0.2, 0.25) is 5.88 Å². The van der Waals surface area contributed by atoms with Crippen LogP contribution in [-0.4, -0.2) is 28.9 Å². The van der Waals surface area contributed by atoms with Gasteiger partial charge in [0.05, 0.1) is 17.3 Å². The van der Waals surface area contributed by atoms with Crippen LogP contribution in [0.4, 0.5) is 0 Å². The van der Waals surface area contributed by atoms with Gasteiger partial charge in [-0.15, -0.1) is 0 Å². The van der Waals surface area contributed by atoms with Crippen LogP contribution in [0.15, 0.2) is 36.4 Å². The number of aromatic nitrogens is 1. The van der Waals surface area contributed by atoms with Crippen LogP contribution >= 0.6 is 0 Å². The van der Waals surface area contributed by atoms with Crippen molar-refractivity contribution in [2.75, 3.05) is 13.1 Å². The van der Waals surface area contributed by atoms with Crippen LogP contribution in [0.2, 0.25) is 0 Å². The molecule has 1 saturated carbocycles. The molecule has 1 radical (unpaired) electrons. The van der Waals surface area contributed by atoms with Crippen molar-refractivity contribution in [3.63, 3.8) is 0 Å². The zero-order valence-corrected chi connectivity index (χ0v) is 19.5. The summed E-state index contributed by atoms with van der Waals surface area (Å²) in [6, 6.07) is 15.6. The minimum atomic E-state index is -0.758. The third-order valence-corrected chi connectivity index (χ3v) is 5.47. The molecule has 0 bridgehead atoms. The van der Waals surface area contributed by atoms with Gasteiger partial charge in [0.25, 0.3) is 5.91 Å². The fourth-order valence-corrected chi connectivity index (χ4v) is 3.59. The van der Waals surface area contributed by atoms with Gasteiger partial charge in [0.15, 0.2) is 0 Å². The quantitative estimate of drug-likeness (QED) is 0.619. The Hall–Kier alpha value is -2.28. The van der Waals surface area contributed by atoms with E-state index in [2.05, 4.69) is 23.5 Å². The summed E-state index contributed by atoms with van der Waals surface area (Å²) in [6.07, 6.45) is 5.19. The average Bonchev–Trinajstić information content (AvgIpc) is 3.59. The molecule has 1 aliphatic heterocycles. The molecule has 1 aliphatic carbocycles. The van der Waals surface area contributed by atoms with E-state index in [1.54, 1.807) is 11.0 Å². The molecule has 2 aliphatic rings. The normalized spacial score (nSPS) is 16.5. The monoisotopic (exact) mass is 474 g/mol. The van der Waals surface area contributed by atoms with Crippen molar-refractivity contribution in [3.05, 3.63) is 65.2 Å². The molecule has 0 atom stereocenters. The Balaban J connectivity index is 0.00000256. The fraction of sp³-hybridized carbons (Fsp3) is 0.348. The maximum absolute atomic E-state index is 13.2. The zero-order chi connectivity index (χ0) is 20.3. The number of hydrogen-bond acceptors (Lipinski definition) is 5. The van der Waals surface area contributed by atoms with Gasteiger partial charge in [-0.2, -0.15) is 23.4 Å². The zero-order valence-electron chi connectivity index (χ0n) is 16.7. The number of carbonyl (C=O) groups is 1. The van der Waals surface area contributed by atoms with Gasteiger partial charge in [-0.3, -0.25) is 4.79 Å². The second-order valence-electron chi connectivity index (χ2n) is 7.48. The largest absolute Gasteiger partial charge is 0.472 e. The number of carbonyl (C=O) groups excluding carboxylic acids is 1. The third-order valence-electron chi connectivity index (χ3n) is 5.47. The van der Waals surface area contributed by atoms with Crippen molar-refractivity contribution in [3.8, 4) is 18.0 Å². The summed E-state index contributed by atoms with van der Waals surface area (Å²) >= 11 is 0. The molecule has 0 unspecified atom stereocenters. The number of benzene rings is 1. The molecule has 1 aromatic carbocycles. The van der Waals surface area contributed by atoms with Crippen LogP contribution in [0, 0.1) is 29.1 Å². The molecule has 4 rings (SSSR count). The predicted octanol–water partition coefficient (Wildman–Crippen LogP) is 3.53. The summed E-state index contributed by atoms with van der Waals surface area (Å²) in [5.74, 6) is 0.0182. The first-order valence-electron chi connectivity index (χ1n) is 9.81. The third kappa shape index (κ3) is 4.56. The summed E-state index contributed by atoms with van der Waals surface area (Å²) < 4.78 is 5.83. The van der Waals surface area contributed by atoms with E-state index in [1.807, 2.05) is 30.3 Å². The van der Waals surface area contributed by atoms with E-state index in [9.17, 15) is 15.3 Å². The van der Waals surface area contributed by atoms with Gasteiger partial charge in [-0.05, 0) is 37.6 Å². The average molecular weight is 474 g/mol. The van der Waals surface area contributed by atoms with Crippen molar-refractivity contribution >= 4 is 5.91 Å². The topological polar surface area (TPSA) is 90.0 Å². The Morgan fingerprint density at radius 2 is 1.90 bits per heavy atom. The van der Waals surface area contributed by atoms with Gasteiger partial charge in [0, 0.05) is 32.7 Å². The first kappa shape index (κ1) is 22.4. The smallest absolute Gasteiger partial charge is 0.255 e. The van der Waals surface area contributed by atoms with E-state index in [0.29, 0.717) is 37.2 Å². The van der Waals surface area contributed by atoms with Gasteiger partial charge in [-0.25, -0.2) is 4.98 Å². The Kier molecular flexibility index (Phi) is 7.24. The first-order valence-corrected chi connectivity index (χ1v) is 9.81. The second kappa shape index (κ2) is 9.69. The van der Waals surface area contributed by atoms with Crippen LogP contribution in [0.3, 0.4) is 0 Å². The van der Waals surface area contributed by atoms with Gasteiger partial charge < -0.3 is 16.1 Å². The molecular weight excluding hydrogens is 453 g/mol. The number of amides is 1. The predicted molar refractivity (Wildman–Crippen MR) is 106 cm³/mol. The van der Waals surface area contributed by atoms with E-state index in [1.165, 1.54) is 0 Å². The van der Waals surface area contributed by atoms with Crippen LogP contribution in [0.1, 0.15) is 52.9 Å². The molecule has 1 saturated heterocycles. The summed E-state index contributed by atoms with van der Waals surface area (Å²) in [7, 11) is 0. The Morgan fingerprint density at radius 3 is 2.50 bits per heavy atom. The number of hydrogen-bond donors (Lipinski definition) is 0. The number of pyridine rings is 1. The Bertz CT molecular complexity index is 1000. The van der Waals surface area contributed by atoms with Crippen LogP contribution in [0.5, 0.6) is 5.88 Å². The Morgan fingerprint density at radius 1 is 1.20 bits per heavy atom. The van der Waals surface area contributed by atoms with Gasteiger partial charge in [-0.1, -0.05) is 30.3 Å². The number of nitrogens with zero attached hydrogens (tertiary/aromatic N) is 4. The molecule has 7 heteroatoms. The number of ether oxygens (including phenoxy) is 1. The molecule has 149 valence electrons. The number of likely N-dealkylation sites (tertiary alicyclic amines) is 1. The molecule has 6 nitrogen and oxygen atoms in total. The molecule has 30 heavy (non-hydrogen) atoms. The molecule has 1 aromatic heterocycles. The van der Waals surface area contributed by atoms with Gasteiger partial charge in [0.1, 0.15) is 23.7 Å². The molecule has 2 heterocycles. The number of piperidine rings is 1. The molecule has 0 N–H and O–H groups in total. The van der Waals surface area contributed by atoms with E-state index < -0.39 is 5.41 Å². The van der Waals surface area contributed by atoms with Crippen molar-refractivity contribution in [1.29, 1.82) is 10.5 Å². The maximum Gasteiger partial charge on any atom is 0.255 e. The van der Waals surface area contributed by atoms with E-state index in [0.717, 1.165) is 18.4 Å². The van der Waals surface area contributed by atoms with E-state index in [4.69, 9.17) is 4.74 Å². The second-order valence-corrected chi connectivity index (χ2v) is 7.48. The summed E-state index contributed by atoms with van der Waals surface area (Å²) in [4.78, 5) is 19.5. The molecule has 2 aromatic rings. The molecule has 0 spiro atoms. The first-order chi connectivity index (χ1) is 14.2. The summed E-state index contributed by atoms with van der Waals surface area (Å²) in [6.45, 7) is 1.55. The van der Waals surface area contributed by atoms with Gasteiger partial charge >= 0.3 is 0 Å². The van der Waals surface area contributed by atoms with Crippen molar-refractivity contribution in [2.45, 2.75) is 37.7 Å². The minimum absolute atomic E-state index is 0. The van der Waals surface area contributed by atoms with Crippen LogP contribution < -0.4 is 4.74 Å². The number of nitriles is 2. The Labute approximate surface area is 201 Å². The SMILES string of the molecule is N#Cc1cc(C(=O)N2CC[CH-]CC2)c(C2(C#N)CC2)nc1OCc1ccccc1.[Y]. The summed E-state index contributed by atoms with van der Waals surface area (Å²) in [5.41, 5.74) is 1.21. The number of rotatable bonds is 5. The molecular formula is C23H21N4O2Y-. The standard InChI is InChI=1S/C23H21N4O2.Y/c24-14-18-13-19(22(28)27-11-5-2-6-12-27)20(23(16-25)9-10-23)26-21(18)29-15-17-7-3-1-4-8-17;/h1-4,7-8,13H,5-6,9-12,15H2;/q-1;. The van der Waals surface area contributed by atoms with E-state index in [-0.39, 0.29) is 56.7 Å². The van der Waals surface area contributed by atoms with Crippen molar-refractivity contribution < 1.29 is 42.2 Å². The van der Waals surface area contributed by atoms with Crippen LogP contribution in [0.25, 0.3) is 0 Å². The maximum atomic E-state index is 13.2. The minimum Gasteiger partial charge on any atom is -0.472 e. The summed E-state index contributed by atoms with van der Waals surface area (Å²) in [5, 5.41) is 19.4. The van der Waals surface area contributed by atoms with Crippen molar-refractivity contribution in [1.82, 2.24) is 9.88 Å². The van der Waals surface area contributed by atoms with Crippen molar-refractivity contribution in [2.24, 2.45) is 0 Å². The molecule has 2 fully saturated rings.